The van der Waals surface area contributed by atoms with Gasteiger partial charge in [0.05, 0.1) is 4.47 Å². The molecule has 0 spiro atoms. The SMILES string of the molecule is CN(CCCCCCCCNCS(=O)(=O)c1cc(Br)c(Cl)s1)c1ncc(S(=O)(=O)NC(Cc2ccc(Cl)cc2)C(=O)O)cc1Br. The van der Waals surface area contributed by atoms with E-state index in [0.29, 0.717) is 42.8 Å². The predicted octanol–water partition coefficient (Wildman–Crippen LogP) is 6.75. The fourth-order valence-corrected chi connectivity index (χ4v) is 9.90. The van der Waals surface area contributed by atoms with Gasteiger partial charge in [-0.15, -0.1) is 11.3 Å². The Hall–Kier alpha value is -1.30. The van der Waals surface area contributed by atoms with E-state index in [1.807, 2.05) is 11.9 Å². The van der Waals surface area contributed by atoms with E-state index in [-0.39, 0.29) is 21.4 Å². The van der Waals surface area contributed by atoms with Crippen LogP contribution >= 0.6 is 66.4 Å². The lowest BCUT2D eigenvalue weighted by Crippen LogP contribution is -2.42. The average molecular weight is 850 g/mol. The number of carboxylic acid groups (broad SMARTS) is 1. The Morgan fingerprint density at radius 2 is 1.64 bits per heavy atom. The number of pyridine rings is 1. The monoisotopic (exact) mass is 846 g/mol. The summed E-state index contributed by atoms with van der Waals surface area (Å²) < 4.78 is 54.7. The number of thiophene rings is 1. The molecule has 1 unspecified atom stereocenters. The maximum absolute atomic E-state index is 13.0. The number of benzene rings is 1. The third-order valence-electron chi connectivity index (χ3n) is 6.74. The summed E-state index contributed by atoms with van der Waals surface area (Å²) in [6.45, 7) is 1.32. The Morgan fingerprint density at radius 1 is 1.00 bits per heavy atom. The van der Waals surface area contributed by atoms with E-state index in [2.05, 4.69) is 46.9 Å². The van der Waals surface area contributed by atoms with Crippen LogP contribution in [0.1, 0.15) is 44.1 Å². The van der Waals surface area contributed by atoms with Crippen molar-refractivity contribution in [2.75, 3.05) is 30.9 Å². The van der Waals surface area contributed by atoms with Crippen molar-refractivity contribution < 1.29 is 26.7 Å². The second-order valence-corrected chi connectivity index (χ2v) is 18.0. The number of sulfone groups is 1. The molecule has 1 aromatic carbocycles. The van der Waals surface area contributed by atoms with Gasteiger partial charge in [-0.2, -0.15) is 4.72 Å². The van der Waals surface area contributed by atoms with Crippen molar-refractivity contribution in [1.29, 1.82) is 0 Å². The first-order chi connectivity index (χ1) is 21.2. The van der Waals surface area contributed by atoms with Gasteiger partial charge in [0.25, 0.3) is 0 Å². The summed E-state index contributed by atoms with van der Waals surface area (Å²) in [5.74, 6) is -0.847. The summed E-state index contributed by atoms with van der Waals surface area (Å²) in [6, 6.07) is 8.09. The van der Waals surface area contributed by atoms with Gasteiger partial charge < -0.3 is 15.3 Å². The van der Waals surface area contributed by atoms with Gasteiger partial charge in [-0.3, -0.25) is 4.79 Å². The molecule has 0 fully saturated rings. The molecule has 10 nitrogen and oxygen atoms in total. The molecule has 17 heteroatoms. The number of aliphatic carboxylic acids is 1. The molecule has 0 aliphatic heterocycles. The van der Waals surface area contributed by atoms with Crippen LogP contribution in [0.5, 0.6) is 0 Å². The quantitative estimate of drug-likeness (QED) is 0.112. The normalized spacial score (nSPS) is 12.7. The van der Waals surface area contributed by atoms with Crippen molar-refractivity contribution in [1.82, 2.24) is 15.0 Å². The maximum atomic E-state index is 13.0. The summed E-state index contributed by atoms with van der Waals surface area (Å²) in [6.07, 6.45) is 7.00. The summed E-state index contributed by atoms with van der Waals surface area (Å²) >= 11 is 19.5. The molecule has 0 amide bonds. The van der Waals surface area contributed by atoms with Gasteiger partial charge in [-0.25, -0.2) is 21.8 Å². The van der Waals surface area contributed by atoms with Crippen LogP contribution in [0.15, 0.2) is 60.6 Å². The molecule has 0 aliphatic carbocycles. The zero-order valence-corrected chi connectivity index (χ0v) is 31.4. The zero-order chi connectivity index (χ0) is 33.2. The number of nitrogens with zero attached hydrogens (tertiary/aromatic N) is 2. The summed E-state index contributed by atoms with van der Waals surface area (Å²) in [7, 11) is -5.70. The van der Waals surface area contributed by atoms with Crippen molar-refractivity contribution in [2.24, 2.45) is 0 Å². The highest BCUT2D eigenvalue weighted by molar-refractivity contribution is 9.11. The number of anilines is 1. The molecule has 1 atom stereocenters. The van der Waals surface area contributed by atoms with E-state index < -0.39 is 31.9 Å². The number of carbonyl (C=O) groups is 1. The fraction of sp³-hybridized carbons (Fsp3) is 0.429. The molecule has 3 aromatic rings. The second-order valence-electron chi connectivity index (χ2n) is 10.3. The van der Waals surface area contributed by atoms with E-state index in [1.165, 1.54) is 18.3 Å². The minimum atomic E-state index is -4.16. The Kier molecular flexibility index (Phi) is 15.0. The topological polar surface area (TPSA) is 146 Å². The lowest BCUT2D eigenvalue weighted by Gasteiger charge is -2.20. The third-order valence-corrected chi connectivity index (χ3v) is 13.6. The van der Waals surface area contributed by atoms with E-state index in [1.54, 1.807) is 24.3 Å². The molecule has 2 heterocycles. The number of sulfonamides is 1. The van der Waals surface area contributed by atoms with Gasteiger partial charge in [0.15, 0.2) is 0 Å². The number of halogens is 4. The lowest BCUT2D eigenvalue weighted by molar-refractivity contribution is -0.138. The van der Waals surface area contributed by atoms with E-state index in [4.69, 9.17) is 23.2 Å². The third kappa shape index (κ3) is 12.0. The van der Waals surface area contributed by atoms with Crippen LogP contribution in [-0.2, 0) is 31.1 Å². The van der Waals surface area contributed by atoms with E-state index in [9.17, 15) is 26.7 Å². The van der Waals surface area contributed by atoms with E-state index in [0.717, 1.165) is 49.9 Å². The molecule has 2 aromatic heterocycles. The van der Waals surface area contributed by atoms with Crippen LogP contribution in [0.4, 0.5) is 5.82 Å². The highest BCUT2D eigenvalue weighted by atomic mass is 79.9. The summed E-state index contributed by atoms with van der Waals surface area (Å²) in [4.78, 5) is 17.9. The van der Waals surface area contributed by atoms with Gasteiger partial charge in [0.2, 0.25) is 19.9 Å². The molecule has 0 saturated heterocycles. The molecule has 0 aliphatic rings. The molecule has 3 N–H and O–H groups in total. The van der Waals surface area contributed by atoms with Crippen LogP contribution in [0, 0.1) is 0 Å². The van der Waals surface area contributed by atoms with Gasteiger partial charge in [0.1, 0.15) is 31.2 Å². The first kappa shape index (κ1) is 38.2. The van der Waals surface area contributed by atoms with Gasteiger partial charge in [0, 0.05) is 29.3 Å². The van der Waals surface area contributed by atoms with Crippen LogP contribution in [0.25, 0.3) is 0 Å². The smallest absolute Gasteiger partial charge is 0.322 e. The van der Waals surface area contributed by atoms with Crippen LogP contribution in [0.2, 0.25) is 9.36 Å². The number of hydrogen-bond acceptors (Lipinski definition) is 9. The van der Waals surface area contributed by atoms with Crippen molar-refractivity contribution in [3.8, 4) is 0 Å². The highest BCUT2D eigenvalue weighted by Crippen LogP contribution is 2.34. The molecule has 45 heavy (non-hydrogen) atoms. The number of rotatable bonds is 19. The largest absolute Gasteiger partial charge is 0.480 e. The first-order valence-electron chi connectivity index (χ1n) is 13.9. The van der Waals surface area contributed by atoms with Crippen LogP contribution in [-0.4, -0.2) is 65.0 Å². The Balaban J connectivity index is 1.37. The van der Waals surface area contributed by atoms with Gasteiger partial charge >= 0.3 is 5.97 Å². The molecule has 3 rings (SSSR count). The lowest BCUT2D eigenvalue weighted by atomic mass is 10.1. The van der Waals surface area contributed by atoms with Crippen LogP contribution < -0.4 is 14.9 Å². The molecule has 0 radical (unpaired) electrons. The molecule has 0 saturated carbocycles. The van der Waals surface area contributed by atoms with Crippen LogP contribution in [0.3, 0.4) is 0 Å². The molecule has 248 valence electrons. The van der Waals surface area contributed by atoms with Crippen molar-refractivity contribution in [3.63, 3.8) is 0 Å². The summed E-state index contributed by atoms with van der Waals surface area (Å²) in [5, 5.41) is 13.1. The number of hydrogen-bond donors (Lipinski definition) is 3. The maximum Gasteiger partial charge on any atom is 0.322 e. The molecule has 0 bridgehead atoms. The molecular weight excluding hydrogens is 815 g/mol. The standard InChI is InChI=1S/C28H34Br2Cl2N4O6S3/c1-36(13-7-5-3-2-4-6-12-33-18-44(39,40)25-16-22(29)26(32)43-25)27-23(30)15-21(17-34-27)45(41,42)35-24(28(37)38)14-19-8-10-20(31)11-9-19/h8-11,15-17,24,33,35H,2-7,12-14,18H2,1H3,(H,37,38). The highest BCUT2D eigenvalue weighted by Gasteiger charge is 2.27. The number of nitrogens with one attached hydrogen (secondary N) is 2. The minimum absolute atomic E-state index is 0.0488. The Morgan fingerprint density at radius 3 is 2.24 bits per heavy atom. The van der Waals surface area contributed by atoms with E-state index >= 15 is 0 Å². The van der Waals surface area contributed by atoms with Gasteiger partial charge in [-0.1, -0.05) is 61.0 Å². The van der Waals surface area contributed by atoms with Crippen molar-refractivity contribution >= 4 is 98.0 Å². The van der Waals surface area contributed by atoms with Crippen molar-refractivity contribution in [3.05, 3.63) is 66.5 Å². The Bertz CT molecular complexity index is 1640. The fourth-order valence-electron chi connectivity index (χ4n) is 4.30. The molecular formula is C28H34Br2Cl2N4O6S3. The number of aromatic nitrogens is 1. The zero-order valence-electron chi connectivity index (χ0n) is 24.3. The Labute approximate surface area is 295 Å². The summed E-state index contributed by atoms with van der Waals surface area (Å²) in [5.41, 5.74) is 0.626. The minimum Gasteiger partial charge on any atom is -0.480 e. The first-order valence-corrected chi connectivity index (χ1v) is 20.2. The number of carboxylic acids is 1. The predicted molar refractivity (Wildman–Crippen MR) is 187 cm³/mol. The second kappa shape index (κ2) is 17.7. The number of unbranched alkanes of at least 4 members (excludes halogenated alkanes) is 5. The average Bonchev–Trinajstić information content (AvgIpc) is 3.33. The van der Waals surface area contributed by atoms with Crippen molar-refractivity contribution in [2.45, 2.75) is 60.1 Å². The van der Waals surface area contributed by atoms with Gasteiger partial charge in [-0.05, 0) is 87.5 Å².